The van der Waals surface area contributed by atoms with Crippen LogP contribution in [0, 0.1) is 0 Å². The molecule has 7 nitrogen and oxygen atoms in total. The second kappa shape index (κ2) is 8.39. The molecule has 5 rings (SSSR count). The highest BCUT2D eigenvalue weighted by Gasteiger charge is 2.26. The van der Waals surface area contributed by atoms with Crippen LogP contribution in [0.3, 0.4) is 0 Å². The molecule has 2 N–H and O–H groups in total. The summed E-state index contributed by atoms with van der Waals surface area (Å²) in [6.07, 6.45) is 2.11. The predicted octanol–water partition coefficient (Wildman–Crippen LogP) is 4.60. The Morgan fingerprint density at radius 3 is 2.41 bits per heavy atom. The van der Waals surface area contributed by atoms with E-state index in [1.165, 1.54) is 7.11 Å². The third kappa shape index (κ3) is 3.72. The van der Waals surface area contributed by atoms with Crippen molar-refractivity contribution in [3.63, 3.8) is 0 Å². The van der Waals surface area contributed by atoms with Gasteiger partial charge in [0, 0.05) is 5.70 Å². The van der Waals surface area contributed by atoms with Gasteiger partial charge in [-0.15, -0.1) is 5.10 Å². The molecule has 7 heteroatoms. The van der Waals surface area contributed by atoms with Crippen LogP contribution >= 0.6 is 0 Å². The molecule has 3 aromatic carbocycles. The summed E-state index contributed by atoms with van der Waals surface area (Å²) in [5, 5.41) is 10.7. The van der Waals surface area contributed by atoms with Crippen molar-refractivity contribution in [1.82, 2.24) is 14.8 Å². The number of hydrogen-bond acceptors (Lipinski definition) is 5. The van der Waals surface area contributed by atoms with Gasteiger partial charge in [0.15, 0.2) is 0 Å². The number of carbonyl (C=O) groups is 1. The Labute approximate surface area is 185 Å². The molecule has 2 heterocycles. The molecule has 1 amide bonds. The van der Waals surface area contributed by atoms with E-state index in [4.69, 9.17) is 4.74 Å². The lowest BCUT2D eigenvalue weighted by atomic mass is 10.0. The van der Waals surface area contributed by atoms with Gasteiger partial charge in [0.05, 0.1) is 12.7 Å². The Morgan fingerprint density at radius 1 is 0.969 bits per heavy atom. The number of nitrogens with one attached hydrogen (secondary N) is 2. The van der Waals surface area contributed by atoms with Gasteiger partial charge in [-0.3, -0.25) is 10.1 Å². The van der Waals surface area contributed by atoms with Crippen molar-refractivity contribution >= 4 is 23.5 Å². The first-order chi connectivity index (χ1) is 15.7. The van der Waals surface area contributed by atoms with Crippen LogP contribution in [0.15, 0.2) is 91.0 Å². The van der Waals surface area contributed by atoms with E-state index in [9.17, 15) is 4.79 Å². The highest BCUT2D eigenvalue weighted by Crippen LogP contribution is 2.33. The maximum Gasteiger partial charge on any atom is 0.261 e. The van der Waals surface area contributed by atoms with Crippen LogP contribution in [0.4, 0.5) is 11.9 Å². The molecule has 0 spiro atoms. The van der Waals surface area contributed by atoms with Crippen LogP contribution in [0.1, 0.15) is 27.5 Å². The Kier molecular flexibility index (Phi) is 5.13. The van der Waals surface area contributed by atoms with Gasteiger partial charge >= 0.3 is 0 Å². The van der Waals surface area contributed by atoms with Crippen molar-refractivity contribution in [2.75, 3.05) is 17.7 Å². The molecule has 0 bridgehead atoms. The summed E-state index contributed by atoms with van der Waals surface area (Å²) in [6, 6.07) is 27.0. The smallest absolute Gasteiger partial charge is 0.261 e. The number of methoxy groups -OCH3 is 1. The first-order valence-electron chi connectivity index (χ1n) is 10.2. The number of anilines is 2. The molecule has 158 valence electrons. The molecule has 0 radical (unpaired) electrons. The number of amides is 1. The Balaban J connectivity index is 1.50. The largest absolute Gasteiger partial charge is 0.496 e. The van der Waals surface area contributed by atoms with Crippen molar-refractivity contribution in [1.29, 1.82) is 0 Å². The molecule has 32 heavy (non-hydrogen) atoms. The summed E-state index contributed by atoms with van der Waals surface area (Å²) in [5.41, 5.74) is 3.46. The third-order valence-corrected chi connectivity index (χ3v) is 5.27. The highest BCUT2D eigenvalue weighted by atomic mass is 16.5. The topological polar surface area (TPSA) is 81.1 Å². The number of aromatic nitrogens is 3. The van der Waals surface area contributed by atoms with E-state index >= 15 is 0 Å². The third-order valence-electron chi connectivity index (χ3n) is 5.27. The standard InChI is InChI=1S/C25H21N5O2/c1-32-22-15-9-8-14-19(22)23(31)27-24-28-25-26-20(17-10-4-2-5-11-17)16-21(30(25)29-24)18-12-6-3-7-13-18/h2-16,21H,1H3,(H2,26,27,28,29,31)/t21-/m0/s1. The van der Waals surface area contributed by atoms with E-state index in [0.717, 1.165) is 16.8 Å². The van der Waals surface area contributed by atoms with E-state index in [0.29, 0.717) is 17.3 Å². The van der Waals surface area contributed by atoms with Crippen molar-refractivity contribution in [3.05, 3.63) is 108 Å². The van der Waals surface area contributed by atoms with Gasteiger partial charge in [0.25, 0.3) is 11.9 Å². The predicted molar refractivity (Wildman–Crippen MR) is 124 cm³/mol. The van der Waals surface area contributed by atoms with Crippen LogP contribution < -0.4 is 15.4 Å². The molecule has 1 aliphatic heterocycles. The van der Waals surface area contributed by atoms with E-state index in [1.807, 2.05) is 66.7 Å². The van der Waals surface area contributed by atoms with Crippen LogP contribution in [0.5, 0.6) is 5.75 Å². The summed E-state index contributed by atoms with van der Waals surface area (Å²) in [7, 11) is 1.53. The fourth-order valence-electron chi connectivity index (χ4n) is 3.72. The van der Waals surface area contributed by atoms with Crippen LogP contribution in [-0.4, -0.2) is 27.8 Å². The zero-order chi connectivity index (χ0) is 21.9. The molecule has 1 aromatic heterocycles. The second-order valence-corrected chi connectivity index (χ2v) is 7.28. The number of hydrogen-bond donors (Lipinski definition) is 2. The van der Waals surface area contributed by atoms with Gasteiger partial charge in [-0.25, -0.2) is 4.68 Å². The fraction of sp³-hybridized carbons (Fsp3) is 0.0800. The molecule has 1 aliphatic rings. The second-order valence-electron chi connectivity index (χ2n) is 7.28. The number of ether oxygens (including phenoxy) is 1. The molecule has 0 fully saturated rings. The highest BCUT2D eigenvalue weighted by molar-refractivity contribution is 6.05. The number of para-hydroxylation sites is 1. The Morgan fingerprint density at radius 2 is 1.66 bits per heavy atom. The molecule has 0 aliphatic carbocycles. The number of benzene rings is 3. The summed E-state index contributed by atoms with van der Waals surface area (Å²) in [5.74, 6) is 0.919. The Bertz CT molecular complexity index is 1280. The average Bonchev–Trinajstić information content (AvgIpc) is 3.26. The first kappa shape index (κ1) is 19.6. The van der Waals surface area contributed by atoms with Gasteiger partial charge in [-0.05, 0) is 29.3 Å². The van der Waals surface area contributed by atoms with E-state index in [-0.39, 0.29) is 17.9 Å². The minimum absolute atomic E-state index is 0.174. The van der Waals surface area contributed by atoms with Crippen LogP contribution in [0.2, 0.25) is 0 Å². The van der Waals surface area contributed by atoms with Gasteiger partial charge in [-0.1, -0.05) is 72.8 Å². The van der Waals surface area contributed by atoms with Crippen molar-refractivity contribution in [2.24, 2.45) is 0 Å². The number of fused-ring (bicyclic) bond motifs is 1. The van der Waals surface area contributed by atoms with E-state index in [2.05, 4.69) is 26.8 Å². The minimum Gasteiger partial charge on any atom is -0.496 e. The number of rotatable bonds is 5. The van der Waals surface area contributed by atoms with E-state index in [1.54, 1.807) is 22.9 Å². The lowest BCUT2D eigenvalue weighted by molar-refractivity contribution is 0.102. The lowest BCUT2D eigenvalue weighted by Gasteiger charge is -2.24. The zero-order valence-corrected chi connectivity index (χ0v) is 17.4. The van der Waals surface area contributed by atoms with E-state index < -0.39 is 0 Å². The minimum atomic E-state index is -0.335. The van der Waals surface area contributed by atoms with Crippen molar-refractivity contribution in [2.45, 2.75) is 6.04 Å². The lowest BCUT2D eigenvalue weighted by Crippen LogP contribution is -2.20. The molecular weight excluding hydrogens is 402 g/mol. The van der Waals surface area contributed by atoms with Gasteiger partial charge in [0.2, 0.25) is 5.95 Å². The van der Waals surface area contributed by atoms with Gasteiger partial charge in [0.1, 0.15) is 11.8 Å². The normalized spacial score (nSPS) is 14.7. The molecule has 0 saturated carbocycles. The summed E-state index contributed by atoms with van der Waals surface area (Å²) in [6.45, 7) is 0. The SMILES string of the molecule is COc1ccccc1C(=O)Nc1nc2n(n1)[C@H](c1ccccc1)C=C(c1ccccc1)N2. The summed E-state index contributed by atoms with van der Waals surface area (Å²) in [4.78, 5) is 17.4. The molecule has 1 atom stereocenters. The molecule has 0 saturated heterocycles. The maximum absolute atomic E-state index is 12.8. The van der Waals surface area contributed by atoms with Gasteiger partial charge < -0.3 is 10.1 Å². The summed E-state index contributed by atoms with van der Waals surface area (Å²) >= 11 is 0. The van der Waals surface area contributed by atoms with Crippen molar-refractivity contribution < 1.29 is 9.53 Å². The average molecular weight is 423 g/mol. The Hall–Kier alpha value is -4.39. The quantitative estimate of drug-likeness (QED) is 0.491. The van der Waals surface area contributed by atoms with Gasteiger partial charge in [-0.2, -0.15) is 4.98 Å². The number of carbonyl (C=O) groups excluding carboxylic acids is 1. The number of nitrogens with zero attached hydrogens (tertiary/aromatic N) is 3. The number of allylic oxidation sites excluding steroid dienone is 1. The van der Waals surface area contributed by atoms with Crippen molar-refractivity contribution in [3.8, 4) is 5.75 Å². The zero-order valence-electron chi connectivity index (χ0n) is 17.4. The first-order valence-corrected chi connectivity index (χ1v) is 10.2. The molecular formula is C25H21N5O2. The fourth-order valence-corrected chi connectivity index (χ4v) is 3.72. The summed E-state index contributed by atoms with van der Waals surface area (Å²) < 4.78 is 7.07. The maximum atomic E-state index is 12.8. The van der Waals surface area contributed by atoms with Crippen LogP contribution in [-0.2, 0) is 0 Å². The van der Waals surface area contributed by atoms with Crippen LogP contribution in [0.25, 0.3) is 5.70 Å². The molecule has 0 unspecified atom stereocenters. The molecule has 4 aromatic rings. The monoisotopic (exact) mass is 423 g/mol.